The molecular weight excluding hydrogens is 184 g/mol. The van der Waals surface area contributed by atoms with Crippen LogP contribution in [0.15, 0.2) is 24.0 Å². The van der Waals surface area contributed by atoms with Crippen molar-refractivity contribution in [3.05, 3.63) is 29.5 Å². The summed E-state index contributed by atoms with van der Waals surface area (Å²) in [5, 5.41) is 9.29. The van der Waals surface area contributed by atoms with Crippen LogP contribution in [0.1, 0.15) is 5.56 Å². The number of carbonyl (C=O) groups excluding carboxylic acids is 1. The number of ether oxygens (including phenoxy) is 2. The lowest BCUT2D eigenvalue weighted by atomic mass is 10.2. The minimum absolute atomic E-state index is 0.0673. The molecule has 0 spiro atoms. The molecule has 0 amide bonds. The van der Waals surface area contributed by atoms with Crippen LogP contribution in [0.2, 0.25) is 0 Å². The Morgan fingerprint density at radius 1 is 1.50 bits per heavy atom. The molecule has 1 fully saturated rings. The van der Waals surface area contributed by atoms with Crippen LogP contribution in [0.5, 0.6) is 11.5 Å². The number of aromatic hydroxyl groups is 1. The Kier molecular flexibility index (Phi) is 1.89. The first kappa shape index (κ1) is 8.62. The molecule has 2 rings (SSSR count). The maximum Gasteiger partial charge on any atom is 0.380 e. The first-order chi connectivity index (χ1) is 6.70. The van der Waals surface area contributed by atoms with Crippen molar-refractivity contribution < 1.29 is 19.4 Å². The summed E-state index contributed by atoms with van der Waals surface area (Å²) in [5.74, 6) is 0.458. The van der Waals surface area contributed by atoms with Gasteiger partial charge < -0.3 is 14.6 Å². The molecule has 1 aliphatic rings. The number of phenols is 1. The molecule has 1 aromatic rings. The van der Waals surface area contributed by atoms with Crippen molar-refractivity contribution in [2.75, 3.05) is 7.11 Å². The third kappa shape index (κ3) is 1.54. The van der Waals surface area contributed by atoms with Crippen LogP contribution in [-0.2, 0) is 9.53 Å². The lowest BCUT2D eigenvalue weighted by Gasteiger charge is -2.02. The number of hydrogen-bond acceptors (Lipinski definition) is 4. The van der Waals surface area contributed by atoms with Gasteiger partial charge in [0.1, 0.15) is 0 Å². The van der Waals surface area contributed by atoms with Gasteiger partial charge in [0.25, 0.3) is 0 Å². The number of carbonyl (C=O) groups is 1. The first-order valence-corrected chi connectivity index (χ1v) is 4.01. The largest absolute Gasteiger partial charge is 0.504 e. The number of methoxy groups -OCH3 is 1. The van der Waals surface area contributed by atoms with Gasteiger partial charge in [-0.05, 0) is 23.8 Å². The Balaban J connectivity index is 2.32. The van der Waals surface area contributed by atoms with E-state index in [-0.39, 0.29) is 11.7 Å². The van der Waals surface area contributed by atoms with Crippen molar-refractivity contribution in [3.8, 4) is 11.5 Å². The molecule has 1 saturated heterocycles. The molecular formula is C10H8O4. The van der Waals surface area contributed by atoms with Crippen LogP contribution in [0.3, 0.4) is 0 Å². The SMILES string of the molecule is COc1cc(/C=C2\OC2=O)ccc1O. The quantitative estimate of drug-likeness (QED) is 0.566. The molecule has 1 heterocycles. The molecule has 4 nitrogen and oxygen atoms in total. The molecule has 0 aromatic heterocycles. The molecule has 0 unspecified atom stereocenters. The Morgan fingerprint density at radius 3 is 2.79 bits per heavy atom. The summed E-state index contributed by atoms with van der Waals surface area (Å²) >= 11 is 0. The fourth-order valence-corrected chi connectivity index (χ4v) is 1.10. The second kappa shape index (κ2) is 3.06. The van der Waals surface area contributed by atoms with Crippen LogP contribution in [0, 0.1) is 0 Å². The van der Waals surface area contributed by atoms with Crippen LogP contribution >= 0.6 is 0 Å². The summed E-state index contributed by atoms with van der Waals surface area (Å²) in [6.07, 6.45) is 1.59. The highest BCUT2D eigenvalue weighted by atomic mass is 16.6. The second-order valence-electron chi connectivity index (χ2n) is 2.83. The van der Waals surface area contributed by atoms with E-state index in [0.717, 1.165) is 5.56 Å². The highest BCUT2D eigenvalue weighted by molar-refractivity contribution is 6.05. The number of hydrogen-bond donors (Lipinski definition) is 1. The van der Waals surface area contributed by atoms with Crippen molar-refractivity contribution in [2.24, 2.45) is 0 Å². The summed E-state index contributed by atoms with van der Waals surface area (Å²) in [6.45, 7) is 0. The van der Waals surface area contributed by atoms with Crippen molar-refractivity contribution in [1.82, 2.24) is 0 Å². The zero-order valence-electron chi connectivity index (χ0n) is 7.48. The lowest BCUT2D eigenvalue weighted by Crippen LogP contribution is -1.84. The third-order valence-corrected chi connectivity index (χ3v) is 1.86. The van der Waals surface area contributed by atoms with Crippen LogP contribution in [-0.4, -0.2) is 18.2 Å². The van der Waals surface area contributed by atoms with Crippen LogP contribution < -0.4 is 4.74 Å². The monoisotopic (exact) mass is 192 g/mol. The van der Waals surface area contributed by atoms with Gasteiger partial charge in [0, 0.05) is 0 Å². The minimum atomic E-state index is -0.308. The van der Waals surface area contributed by atoms with Crippen molar-refractivity contribution in [1.29, 1.82) is 0 Å². The lowest BCUT2D eigenvalue weighted by molar-refractivity contribution is -0.117. The molecule has 14 heavy (non-hydrogen) atoms. The Labute approximate surface area is 80.4 Å². The van der Waals surface area contributed by atoms with E-state index in [1.807, 2.05) is 0 Å². The molecule has 0 saturated carbocycles. The molecule has 1 aromatic carbocycles. The van der Waals surface area contributed by atoms with E-state index >= 15 is 0 Å². The smallest absolute Gasteiger partial charge is 0.380 e. The predicted molar refractivity (Wildman–Crippen MR) is 48.7 cm³/mol. The van der Waals surface area contributed by atoms with E-state index in [2.05, 4.69) is 4.74 Å². The molecule has 72 valence electrons. The first-order valence-electron chi connectivity index (χ1n) is 4.01. The van der Waals surface area contributed by atoms with Crippen molar-refractivity contribution in [3.63, 3.8) is 0 Å². The molecule has 0 radical (unpaired) electrons. The molecule has 4 heteroatoms. The van der Waals surface area contributed by atoms with E-state index in [0.29, 0.717) is 11.5 Å². The number of benzene rings is 1. The van der Waals surface area contributed by atoms with Gasteiger partial charge in [-0.3, -0.25) is 0 Å². The number of rotatable bonds is 2. The van der Waals surface area contributed by atoms with Crippen LogP contribution in [0.4, 0.5) is 0 Å². The summed E-state index contributed by atoms with van der Waals surface area (Å²) in [7, 11) is 1.46. The average Bonchev–Trinajstić information content (AvgIpc) is 2.85. The maximum atomic E-state index is 10.5. The minimum Gasteiger partial charge on any atom is -0.504 e. The van der Waals surface area contributed by atoms with E-state index in [9.17, 15) is 9.90 Å². The van der Waals surface area contributed by atoms with Crippen molar-refractivity contribution in [2.45, 2.75) is 0 Å². The normalized spacial score (nSPS) is 16.6. The standard InChI is InChI=1S/C10H8O4/c1-13-8-4-6(2-3-7(8)11)5-9-10(12)14-9/h2-5,11H,1H3/b9-5-. The van der Waals surface area contributed by atoms with Crippen molar-refractivity contribution >= 4 is 12.0 Å². The van der Waals surface area contributed by atoms with E-state index in [4.69, 9.17) is 4.74 Å². The van der Waals surface area contributed by atoms with Crippen LogP contribution in [0.25, 0.3) is 6.08 Å². The van der Waals surface area contributed by atoms with E-state index < -0.39 is 0 Å². The fraction of sp³-hybridized carbons (Fsp3) is 0.100. The summed E-state index contributed by atoms with van der Waals surface area (Å²) in [6, 6.07) is 4.79. The Hall–Kier alpha value is -1.97. The predicted octanol–water partition coefficient (Wildman–Crippen LogP) is 1.30. The summed E-state index contributed by atoms with van der Waals surface area (Å²) < 4.78 is 9.45. The van der Waals surface area contributed by atoms with Gasteiger partial charge in [-0.1, -0.05) is 6.07 Å². The number of epoxide rings is 1. The van der Waals surface area contributed by atoms with Gasteiger partial charge in [0.05, 0.1) is 7.11 Å². The summed E-state index contributed by atoms with van der Waals surface area (Å²) in [4.78, 5) is 10.5. The Morgan fingerprint density at radius 2 is 2.21 bits per heavy atom. The van der Waals surface area contributed by atoms with E-state index in [1.165, 1.54) is 13.2 Å². The highest BCUT2D eigenvalue weighted by Gasteiger charge is 2.29. The van der Waals surface area contributed by atoms with Gasteiger partial charge in [-0.2, -0.15) is 0 Å². The molecule has 1 aliphatic heterocycles. The number of phenolic OH excluding ortho intramolecular Hbond substituents is 1. The van der Waals surface area contributed by atoms with Gasteiger partial charge in [0.15, 0.2) is 11.5 Å². The maximum absolute atomic E-state index is 10.5. The van der Waals surface area contributed by atoms with Gasteiger partial charge in [-0.15, -0.1) is 0 Å². The molecule has 0 atom stereocenters. The number of cyclic esters (lactones) is 1. The Bertz CT molecular complexity index is 420. The highest BCUT2D eigenvalue weighted by Crippen LogP contribution is 2.29. The molecule has 0 bridgehead atoms. The third-order valence-electron chi connectivity index (χ3n) is 1.86. The van der Waals surface area contributed by atoms with Gasteiger partial charge in [0.2, 0.25) is 5.76 Å². The topological polar surface area (TPSA) is 59.1 Å². The van der Waals surface area contributed by atoms with Gasteiger partial charge in [-0.25, -0.2) is 4.79 Å². The summed E-state index contributed by atoms with van der Waals surface area (Å²) in [5.41, 5.74) is 0.750. The van der Waals surface area contributed by atoms with E-state index in [1.54, 1.807) is 18.2 Å². The fourth-order valence-electron chi connectivity index (χ4n) is 1.10. The zero-order valence-corrected chi connectivity index (χ0v) is 7.48. The average molecular weight is 192 g/mol. The molecule has 0 aliphatic carbocycles. The molecule has 1 N–H and O–H groups in total. The second-order valence-corrected chi connectivity index (χ2v) is 2.83. The van der Waals surface area contributed by atoms with Gasteiger partial charge >= 0.3 is 5.97 Å². The zero-order chi connectivity index (χ0) is 10.1.